The van der Waals surface area contributed by atoms with Crippen LogP contribution in [0.25, 0.3) is 0 Å². The zero-order valence-electron chi connectivity index (χ0n) is 8.15. The zero-order chi connectivity index (χ0) is 8.97. The Morgan fingerprint density at radius 1 is 1.42 bits per heavy atom. The molecule has 0 N–H and O–H groups in total. The second-order valence-corrected chi connectivity index (χ2v) is 3.08. The van der Waals surface area contributed by atoms with Gasteiger partial charge in [-0.2, -0.15) is 0 Å². The Hall–Kier alpha value is -0.850. The number of aryl methyl sites for hydroxylation is 3. The molecule has 65 valence electrons. The van der Waals surface area contributed by atoms with Crippen LogP contribution in [0.1, 0.15) is 37.1 Å². The Labute approximate surface area is 74.8 Å². The van der Waals surface area contributed by atoms with Crippen LogP contribution in [0.15, 0.2) is 6.20 Å². The fourth-order valence-electron chi connectivity index (χ4n) is 1.36. The van der Waals surface area contributed by atoms with E-state index in [1.807, 2.05) is 13.1 Å². The molecule has 1 rings (SSSR count). The molecule has 1 aromatic heterocycles. The molecular weight excluding hydrogens is 146 g/mol. The van der Waals surface area contributed by atoms with E-state index in [2.05, 4.69) is 24.9 Å². The third-order valence-corrected chi connectivity index (χ3v) is 2.01. The molecular formula is C11H16N. The third kappa shape index (κ3) is 2.07. The molecule has 0 spiro atoms. The molecule has 0 saturated carbocycles. The molecule has 0 fully saturated rings. The lowest BCUT2D eigenvalue weighted by atomic mass is 10.0. The van der Waals surface area contributed by atoms with Crippen LogP contribution in [-0.2, 0) is 12.8 Å². The molecule has 1 aromatic rings. The van der Waals surface area contributed by atoms with Crippen LogP contribution in [0, 0.1) is 13.0 Å². The van der Waals surface area contributed by atoms with Crippen molar-refractivity contribution < 1.29 is 0 Å². The SMILES string of the molecule is CCCc1[c]c(C)ncc1CC. The van der Waals surface area contributed by atoms with Gasteiger partial charge in [0, 0.05) is 18.0 Å². The van der Waals surface area contributed by atoms with Crippen molar-refractivity contribution in [3.63, 3.8) is 0 Å². The van der Waals surface area contributed by atoms with Gasteiger partial charge in [-0.3, -0.25) is 4.98 Å². The highest BCUT2D eigenvalue weighted by atomic mass is 14.7. The van der Waals surface area contributed by atoms with E-state index in [1.54, 1.807) is 0 Å². The second-order valence-electron chi connectivity index (χ2n) is 3.08. The molecule has 0 aliphatic rings. The molecule has 0 aromatic carbocycles. The van der Waals surface area contributed by atoms with Gasteiger partial charge in [0.2, 0.25) is 0 Å². The van der Waals surface area contributed by atoms with E-state index in [0.717, 1.165) is 18.5 Å². The lowest BCUT2D eigenvalue weighted by Gasteiger charge is -2.05. The van der Waals surface area contributed by atoms with Gasteiger partial charge in [0.25, 0.3) is 0 Å². The van der Waals surface area contributed by atoms with Gasteiger partial charge in [0.05, 0.1) is 0 Å². The Bertz CT molecular complexity index is 253. The normalized spacial score (nSPS) is 10.2. The molecule has 1 heteroatoms. The van der Waals surface area contributed by atoms with Crippen LogP contribution in [0.3, 0.4) is 0 Å². The largest absolute Gasteiger partial charge is 0.261 e. The average molecular weight is 162 g/mol. The van der Waals surface area contributed by atoms with Crippen LogP contribution >= 0.6 is 0 Å². The average Bonchev–Trinajstić information content (AvgIpc) is 2.05. The minimum Gasteiger partial charge on any atom is -0.261 e. The van der Waals surface area contributed by atoms with Crippen LogP contribution in [-0.4, -0.2) is 4.98 Å². The van der Waals surface area contributed by atoms with E-state index < -0.39 is 0 Å². The predicted molar refractivity (Wildman–Crippen MR) is 51.2 cm³/mol. The van der Waals surface area contributed by atoms with Gasteiger partial charge in [-0.25, -0.2) is 0 Å². The molecule has 0 saturated heterocycles. The molecule has 1 radical (unpaired) electrons. The van der Waals surface area contributed by atoms with Gasteiger partial charge in [0.1, 0.15) is 0 Å². The maximum absolute atomic E-state index is 4.24. The first kappa shape index (κ1) is 9.24. The lowest BCUT2D eigenvalue weighted by molar-refractivity contribution is 0.885. The summed E-state index contributed by atoms with van der Waals surface area (Å²) in [5.41, 5.74) is 3.71. The Morgan fingerprint density at radius 2 is 2.17 bits per heavy atom. The molecule has 12 heavy (non-hydrogen) atoms. The summed E-state index contributed by atoms with van der Waals surface area (Å²) in [7, 11) is 0. The maximum atomic E-state index is 4.24. The molecule has 0 unspecified atom stereocenters. The summed E-state index contributed by atoms with van der Waals surface area (Å²) in [6.45, 7) is 6.36. The summed E-state index contributed by atoms with van der Waals surface area (Å²) in [5, 5.41) is 0. The van der Waals surface area contributed by atoms with Gasteiger partial charge < -0.3 is 0 Å². The summed E-state index contributed by atoms with van der Waals surface area (Å²) in [6, 6.07) is 3.32. The van der Waals surface area contributed by atoms with Crippen molar-refractivity contribution in [1.29, 1.82) is 0 Å². The highest BCUT2D eigenvalue weighted by molar-refractivity contribution is 5.25. The summed E-state index contributed by atoms with van der Waals surface area (Å²) in [4.78, 5) is 4.24. The van der Waals surface area contributed by atoms with Crippen molar-refractivity contribution in [1.82, 2.24) is 4.98 Å². The van der Waals surface area contributed by atoms with Gasteiger partial charge in [-0.15, -0.1) is 0 Å². The van der Waals surface area contributed by atoms with E-state index >= 15 is 0 Å². The van der Waals surface area contributed by atoms with Gasteiger partial charge in [-0.05, 0) is 30.9 Å². The first-order valence-corrected chi connectivity index (χ1v) is 4.64. The second kappa shape index (κ2) is 4.24. The van der Waals surface area contributed by atoms with Crippen LogP contribution in [0.2, 0.25) is 0 Å². The van der Waals surface area contributed by atoms with E-state index in [1.165, 1.54) is 17.5 Å². The van der Waals surface area contributed by atoms with E-state index in [-0.39, 0.29) is 0 Å². The van der Waals surface area contributed by atoms with Crippen molar-refractivity contribution in [2.24, 2.45) is 0 Å². The third-order valence-electron chi connectivity index (χ3n) is 2.01. The smallest absolute Gasteiger partial charge is 0.0454 e. The molecule has 0 amide bonds. The van der Waals surface area contributed by atoms with Crippen LogP contribution < -0.4 is 0 Å². The molecule has 0 aliphatic heterocycles. The van der Waals surface area contributed by atoms with Crippen molar-refractivity contribution >= 4 is 0 Å². The Morgan fingerprint density at radius 3 is 2.75 bits per heavy atom. The Kier molecular flexibility index (Phi) is 3.27. The minimum absolute atomic E-state index is 1.01. The molecule has 0 aliphatic carbocycles. The summed E-state index contributed by atoms with van der Waals surface area (Å²) >= 11 is 0. The number of aromatic nitrogens is 1. The van der Waals surface area contributed by atoms with E-state index in [0.29, 0.717) is 0 Å². The Balaban J connectivity index is 2.95. The summed E-state index contributed by atoms with van der Waals surface area (Å²) in [6.07, 6.45) is 5.37. The van der Waals surface area contributed by atoms with Gasteiger partial charge in [0.15, 0.2) is 0 Å². The van der Waals surface area contributed by atoms with E-state index in [9.17, 15) is 0 Å². The number of hydrogen-bond acceptors (Lipinski definition) is 1. The summed E-state index contributed by atoms with van der Waals surface area (Å²) < 4.78 is 0. The number of nitrogens with zero attached hydrogens (tertiary/aromatic N) is 1. The first-order valence-electron chi connectivity index (χ1n) is 4.64. The van der Waals surface area contributed by atoms with E-state index in [4.69, 9.17) is 0 Å². The highest BCUT2D eigenvalue weighted by Crippen LogP contribution is 2.11. The van der Waals surface area contributed by atoms with Gasteiger partial charge in [-0.1, -0.05) is 20.3 Å². The molecule has 1 heterocycles. The lowest BCUT2D eigenvalue weighted by Crippen LogP contribution is -1.96. The fourth-order valence-corrected chi connectivity index (χ4v) is 1.36. The summed E-state index contributed by atoms with van der Waals surface area (Å²) in [5.74, 6) is 0. The van der Waals surface area contributed by atoms with Crippen molar-refractivity contribution in [2.45, 2.75) is 40.0 Å². The fraction of sp³-hybridized carbons (Fsp3) is 0.545. The molecule has 0 atom stereocenters. The number of hydrogen-bond donors (Lipinski definition) is 0. The first-order chi connectivity index (χ1) is 5.77. The predicted octanol–water partition coefficient (Wildman–Crippen LogP) is 2.71. The van der Waals surface area contributed by atoms with Crippen molar-refractivity contribution in [2.75, 3.05) is 0 Å². The van der Waals surface area contributed by atoms with Crippen LogP contribution in [0.4, 0.5) is 0 Å². The van der Waals surface area contributed by atoms with Crippen molar-refractivity contribution in [3.05, 3.63) is 29.1 Å². The van der Waals surface area contributed by atoms with Crippen LogP contribution in [0.5, 0.6) is 0 Å². The monoisotopic (exact) mass is 162 g/mol. The quantitative estimate of drug-likeness (QED) is 0.666. The van der Waals surface area contributed by atoms with Gasteiger partial charge >= 0.3 is 0 Å². The standard InChI is InChI=1S/C11H16N/c1-4-6-11-7-9(3)12-8-10(11)5-2/h8H,4-6H2,1-3H3. The number of rotatable bonds is 3. The number of pyridine rings is 1. The molecule has 1 nitrogen and oxygen atoms in total. The zero-order valence-corrected chi connectivity index (χ0v) is 8.15. The maximum Gasteiger partial charge on any atom is 0.0454 e. The van der Waals surface area contributed by atoms with Crippen molar-refractivity contribution in [3.8, 4) is 0 Å². The topological polar surface area (TPSA) is 12.9 Å². The minimum atomic E-state index is 1.01. The molecule has 0 bridgehead atoms. The highest BCUT2D eigenvalue weighted by Gasteiger charge is 2.00.